The van der Waals surface area contributed by atoms with Crippen molar-refractivity contribution in [3.8, 4) is 0 Å². The Morgan fingerprint density at radius 1 is 1.31 bits per heavy atom. The van der Waals surface area contributed by atoms with Crippen LogP contribution in [-0.4, -0.2) is 36.5 Å². The lowest BCUT2D eigenvalue weighted by molar-refractivity contribution is -0.126. The highest BCUT2D eigenvalue weighted by molar-refractivity contribution is 5.78. The summed E-state index contributed by atoms with van der Waals surface area (Å²) < 4.78 is 0. The van der Waals surface area contributed by atoms with Gasteiger partial charge in [0.25, 0.3) is 0 Å². The molecule has 3 nitrogen and oxygen atoms in total. The van der Waals surface area contributed by atoms with Gasteiger partial charge in [-0.3, -0.25) is 4.79 Å². The molecule has 1 saturated heterocycles. The summed E-state index contributed by atoms with van der Waals surface area (Å²) in [5.74, 6) is 0.973. The van der Waals surface area contributed by atoms with Crippen LogP contribution in [0.3, 0.4) is 0 Å². The Balaban J connectivity index is 2.38. The second-order valence-electron chi connectivity index (χ2n) is 5.15. The normalized spacial score (nSPS) is 21.1. The van der Waals surface area contributed by atoms with Gasteiger partial charge in [-0.15, -0.1) is 0 Å². The fraction of sp³-hybridized carbons (Fsp3) is 0.923. The van der Waals surface area contributed by atoms with E-state index in [0.29, 0.717) is 12.0 Å². The molecule has 1 heterocycles. The van der Waals surface area contributed by atoms with Gasteiger partial charge in [-0.25, -0.2) is 0 Å². The highest BCUT2D eigenvalue weighted by atomic mass is 16.1. The molecular formula is C13H26N2O. The zero-order chi connectivity index (χ0) is 12.1. The molecule has 1 aliphatic rings. The number of hydrogen-bond acceptors (Lipinski definition) is 2. The molecule has 1 fully saturated rings. The highest BCUT2D eigenvalue weighted by Gasteiger charge is 2.28. The van der Waals surface area contributed by atoms with Gasteiger partial charge >= 0.3 is 0 Å². The number of rotatable bonds is 4. The summed E-state index contributed by atoms with van der Waals surface area (Å²) in [5, 5.41) is 2.92. The molecule has 1 atom stereocenters. The molecule has 94 valence electrons. The largest absolute Gasteiger partial charge is 0.356 e. The minimum atomic E-state index is 0.175. The molecule has 1 amide bonds. The quantitative estimate of drug-likeness (QED) is 0.794. The van der Waals surface area contributed by atoms with E-state index in [9.17, 15) is 4.79 Å². The van der Waals surface area contributed by atoms with Crippen LogP contribution in [-0.2, 0) is 4.79 Å². The molecule has 0 radical (unpaired) electrons. The van der Waals surface area contributed by atoms with Crippen molar-refractivity contribution >= 4 is 5.91 Å². The molecule has 1 aliphatic heterocycles. The van der Waals surface area contributed by atoms with Crippen molar-refractivity contribution in [2.75, 3.05) is 19.6 Å². The average Bonchev–Trinajstić information content (AvgIpc) is 2.28. The van der Waals surface area contributed by atoms with Gasteiger partial charge in [-0.05, 0) is 52.6 Å². The molecule has 0 spiro atoms. The Bertz CT molecular complexity index is 220. The molecule has 1 N–H and O–H groups in total. The first-order valence-corrected chi connectivity index (χ1v) is 6.58. The van der Waals surface area contributed by atoms with Gasteiger partial charge in [0.15, 0.2) is 0 Å². The summed E-state index contributed by atoms with van der Waals surface area (Å²) in [4.78, 5) is 14.2. The van der Waals surface area contributed by atoms with Gasteiger partial charge < -0.3 is 10.2 Å². The first kappa shape index (κ1) is 13.5. The summed E-state index contributed by atoms with van der Waals surface area (Å²) in [5.41, 5.74) is 0. The number of nitrogens with zero attached hydrogens (tertiary/aromatic N) is 1. The minimum Gasteiger partial charge on any atom is -0.356 e. The van der Waals surface area contributed by atoms with Gasteiger partial charge in [0, 0.05) is 18.5 Å². The van der Waals surface area contributed by atoms with Crippen LogP contribution >= 0.6 is 0 Å². The molecule has 0 aromatic carbocycles. The van der Waals surface area contributed by atoms with Crippen LogP contribution in [0.25, 0.3) is 0 Å². The van der Waals surface area contributed by atoms with Crippen LogP contribution in [0.15, 0.2) is 0 Å². The van der Waals surface area contributed by atoms with Crippen LogP contribution in [0.5, 0.6) is 0 Å². The van der Waals surface area contributed by atoms with E-state index in [1.807, 2.05) is 6.92 Å². The summed E-state index contributed by atoms with van der Waals surface area (Å²) in [6, 6.07) is 0.640. The maximum Gasteiger partial charge on any atom is 0.223 e. The van der Waals surface area contributed by atoms with Crippen LogP contribution in [0, 0.1) is 11.8 Å². The van der Waals surface area contributed by atoms with Crippen molar-refractivity contribution < 1.29 is 4.79 Å². The number of carbonyl (C=O) groups is 1. The van der Waals surface area contributed by atoms with E-state index in [4.69, 9.17) is 0 Å². The number of piperidine rings is 1. The first-order chi connectivity index (χ1) is 7.56. The molecule has 0 aliphatic carbocycles. The van der Waals surface area contributed by atoms with Crippen molar-refractivity contribution in [2.45, 2.75) is 46.6 Å². The molecular weight excluding hydrogens is 200 g/mol. The molecule has 0 bridgehead atoms. The lowest BCUT2D eigenvalue weighted by Gasteiger charge is -2.36. The van der Waals surface area contributed by atoms with E-state index < -0.39 is 0 Å². The van der Waals surface area contributed by atoms with Gasteiger partial charge in [0.1, 0.15) is 0 Å². The lowest BCUT2D eigenvalue weighted by Crippen LogP contribution is -2.42. The number of likely N-dealkylation sites (tertiary alicyclic amines) is 1. The zero-order valence-corrected chi connectivity index (χ0v) is 11.1. The maximum atomic E-state index is 11.7. The van der Waals surface area contributed by atoms with Crippen LogP contribution in [0.1, 0.15) is 40.5 Å². The Kier molecular flexibility index (Phi) is 5.26. The first-order valence-electron chi connectivity index (χ1n) is 6.58. The van der Waals surface area contributed by atoms with Crippen molar-refractivity contribution in [3.63, 3.8) is 0 Å². The van der Waals surface area contributed by atoms with Crippen molar-refractivity contribution in [2.24, 2.45) is 11.8 Å². The molecule has 16 heavy (non-hydrogen) atoms. The standard InChI is InChI=1S/C13H26N2O/c1-5-14-13(16)11(4)12-6-8-15(9-7-12)10(2)3/h10-12H,5-9H2,1-4H3,(H,14,16). The Labute approximate surface area is 99.6 Å². The predicted octanol–water partition coefficient (Wildman–Crippen LogP) is 1.88. The monoisotopic (exact) mass is 226 g/mol. The van der Waals surface area contributed by atoms with Crippen LogP contribution < -0.4 is 5.32 Å². The second-order valence-corrected chi connectivity index (χ2v) is 5.15. The van der Waals surface area contributed by atoms with Crippen LogP contribution in [0.2, 0.25) is 0 Å². The predicted molar refractivity (Wildman–Crippen MR) is 67.3 cm³/mol. The van der Waals surface area contributed by atoms with Crippen molar-refractivity contribution in [1.82, 2.24) is 10.2 Å². The van der Waals surface area contributed by atoms with Crippen molar-refractivity contribution in [1.29, 1.82) is 0 Å². The average molecular weight is 226 g/mol. The zero-order valence-electron chi connectivity index (χ0n) is 11.1. The summed E-state index contributed by atoms with van der Waals surface area (Å²) in [7, 11) is 0. The van der Waals surface area contributed by atoms with E-state index >= 15 is 0 Å². The Morgan fingerprint density at radius 3 is 2.31 bits per heavy atom. The number of carbonyl (C=O) groups excluding carboxylic acids is 1. The summed E-state index contributed by atoms with van der Waals surface area (Å²) >= 11 is 0. The van der Waals surface area contributed by atoms with Gasteiger partial charge in [-0.2, -0.15) is 0 Å². The van der Waals surface area contributed by atoms with E-state index in [1.165, 1.54) is 0 Å². The summed E-state index contributed by atoms with van der Waals surface area (Å²) in [6.45, 7) is 11.6. The van der Waals surface area contributed by atoms with E-state index in [-0.39, 0.29) is 11.8 Å². The van der Waals surface area contributed by atoms with Crippen molar-refractivity contribution in [3.05, 3.63) is 0 Å². The molecule has 0 aromatic rings. The number of amides is 1. The lowest BCUT2D eigenvalue weighted by atomic mass is 9.84. The SMILES string of the molecule is CCNC(=O)C(C)C1CCN(C(C)C)CC1. The van der Waals surface area contributed by atoms with E-state index in [0.717, 1.165) is 32.5 Å². The Hall–Kier alpha value is -0.570. The Morgan fingerprint density at radius 2 is 1.88 bits per heavy atom. The number of hydrogen-bond donors (Lipinski definition) is 1. The molecule has 1 unspecified atom stereocenters. The van der Waals surface area contributed by atoms with E-state index in [1.54, 1.807) is 0 Å². The van der Waals surface area contributed by atoms with Gasteiger partial charge in [0.05, 0.1) is 0 Å². The fourth-order valence-corrected chi connectivity index (χ4v) is 2.49. The highest BCUT2D eigenvalue weighted by Crippen LogP contribution is 2.25. The number of nitrogens with one attached hydrogen (secondary N) is 1. The molecule has 0 saturated carbocycles. The fourth-order valence-electron chi connectivity index (χ4n) is 2.49. The van der Waals surface area contributed by atoms with E-state index in [2.05, 4.69) is 31.0 Å². The van der Waals surface area contributed by atoms with Gasteiger partial charge in [0.2, 0.25) is 5.91 Å². The molecule has 1 rings (SSSR count). The molecule has 0 aromatic heterocycles. The van der Waals surface area contributed by atoms with Gasteiger partial charge in [-0.1, -0.05) is 6.92 Å². The van der Waals surface area contributed by atoms with Crippen LogP contribution in [0.4, 0.5) is 0 Å². The molecule has 3 heteroatoms. The smallest absolute Gasteiger partial charge is 0.223 e. The topological polar surface area (TPSA) is 32.3 Å². The summed E-state index contributed by atoms with van der Waals surface area (Å²) in [6.07, 6.45) is 2.33. The minimum absolute atomic E-state index is 0.175. The third-order valence-corrected chi connectivity index (χ3v) is 3.78. The second kappa shape index (κ2) is 6.24. The third kappa shape index (κ3) is 3.48. The third-order valence-electron chi connectivity index (χ3n) is 3.78. The maximum absolute atomic E-state index is 11.7.